The van der Waals surface area contributed by atoms with Crippen molar-refractivity contribution >= 4 is 27.7 Å². The first-order valence-corrected chi connectivity index (χ1v) is 6.37. The Morgan fingerprint density at radius 1 is 1.53 bits per heavy atom. The van der Waals surface area contributed by atoms with E-state index in [0.29, 0.717) is 12.5 Å². The molecule has 7 heteroatoms. The standard InChI is InChI=1S/C10H18BrN5O/c1-2-3-4-16(5-6-17)9-8(11)7-13-10(14-9)15-12/h7,17H,2-6,12H2,1H3,(H,13,14,15). The molecular weight excluding hydrogens is 286 g/mol. The molecule has 6 nitrogen and oxygen atoms in total. The normalized spacial score (nSPS) is 10.4. The van der Waals surface area contributed by atoms with Gasteiger partial charge in [0, 0.05) is 19.3 Å². The summed E-state index contributed by atoms with van der Waals surface area (Å²) in [5.41, 5.74) is 2.42. The summed E-state index contributed by atoms with van der Waals surface area (Å²) in [5, 5.41) is 9.07. The number of anilines is 2. The molecule has 0 radical (unpaired) electrons. The van der Waals surface area contributed by atoms with Crippen LogP contribution < -0.4 is 16.2 Å². The fraction of sp³-hybridized carbons (Fsp3) is 0.600. The van der Waals surface area contributed by atoms with Gasteiger partial charge < -0.3 is 10.0 Å². The molecule has 1 heterocycles. The number of halogens is 1. The van der Waals surface area contributed by atoms with Gasteiger partial charge in [-0.15, -0.1) is 0 Å². The van der Waals surface area contributed by atoms with E-state index in [1.807, 2.05) is 4.90 Å². The maximum Gasteiger partial charge on any atom is 0.239 e. The van der Waals surface area contributed by atoms with Crippen LogP contribution in [0.5, 0.6) is 0 Å². The fourth-order valence-corrected chi connectivity index (χ4v) is 1.88. The molecule has 0 bridgehead atoms. The van der Waals surface area contributed by atoms with Crippen molar-refractivity contribution < 1.29 is 5.11 Å². The van der Waals surface area contributed by atoms with Gasteiger partial charge in [-0.3, -0.25) is 5.43 Å². The summed E-state index contributed by atoms with van der Waals surface area (Å²) in [4.78, 5) is 10.3. The molecule has 0 amide bonds. The number of aliphatic hydroxyl groups excluding tert-OH is 1. The monoisotopic (exact) mass is 303 g/mol. The number of nitrogen functional groups attached to an aromatic ring is 1. The van der Waals surface area contributed by atoms with Gasteiger partial charge in [-0.1, -0.05) is 13.3 Å². The zero-order valence-electron chi connectivity index (χ0n) is 9.86. The van der Waals surface area contributed by atoms with Crippen molar-refractivity contribution in [1.29, 1.82) is 0 Å². The van der Waals surface area contributed by atoms with E-state index in [4.69, 9.17) is 10.9 Å². The van der Waals surface area contributed by atoms with Crippen LogP contribution in [0.1, 0.15) is 19.8 Å². The fourth-order valence-electron chi connectivity index (χ4n) is 1.44. The van der Waals surface area contributed by atoms with Gasteiger partial charge in [0.15, 0.2) is 0 Å². The largest absolute Gasteiger partial charge is 0.395 e. The van der Waals surface area contributed by atoms with Crippen LogP contribution in [-0.4, -0.2) is 34.8 Å². The van der Waals surface area contributed by atoms with E-state index in [1.165, 1.54) is 0 Å². The van der Waals surface area contributed by atoms with Crippen molar-refractivity contribution in [2.75, 3.05) is 30.0 Å². The molecule has 1 aromatic heterocycles. The molecule has 0 unspecified atom stereocenters. The Kier molecular flexibility index (Phi) is 6.17. The molecule has 96 valence electrons. The first-order chi connectivity index (χ1) is 8.22. The Hall–Kier alpha value is -0.920. The molecule has 17 heavy (non-hydrogen) atoms. The molecule has 1 aromatic rings. The summed E-state index contributed by atoms with van der Waals surface area (Å²) in [5.74, 6) is 6.39. The van der Waals surface area contributed by atoms with Gasteiger partial charge in [0.25, 0.3) is 0 Å². The molecule has 0 spiro atoms. The van der Waals surface area contributed by atoms with Crippen LogP contribution in [0.3, 0.4) is 0 Å². The number of nitrogens with two attached hydrogens (primary N) is 1. The van der Waals surface area contributed by atoms with Crippen molar-refractivity contribution in [3.8, 4) is 0 Å². The average Bonchev–Trinajstić information content (AvgIpc) is 2.35. The van der Waals surface area contributed by atoms with Gasteiger partial charge in [-0.05, 0) is 22.4 Å². The van der Waals surface area contributed by atoms with E-state index in [0.717, 1.165) is 29.7 Å². The summed E-state index contributed by atoms with van der Waals surface area (Å²) in [6.45, 7) is 3.60. The molecule has 0 aliphatic carbocycles. The molecule has 0 atom stereocenters. The topological polar surface area (TPSA) is 87.3 Å². The lowest BCUT2D eigenvalue weighted by atomic mass is 10.3. The predicted molar refractivity (Wildman–Crippen MR) is 71.7 cm³/mol. The number of aromatic nitrogens is 2. The second kappa shape index (κ2) is 7.41. The minimum absolute atomic E-state index is 0.0888. The maximum absolute atomic E-state index is 9.07. The smallest absolute Gasteiger partial charge is 0.239 e. The van der Waals surface area contributed by atoms with Crippen LogP contribution in [0, 0.1) is 0 Å². The molecule has 0 saturated carbocycles. The van der Waals surface area contributed by atoms with E-state index in [2.05, 4.69) is 38.2 Å². The molecule has 0 aliphatic rings. The number of rotatable bonds is 7. The first-order valence-electron chi connectivity index (χ1n) is 5.57. The van der Waals surface area contributed by atoms with Crippen LogP contribution in [-0.2, 0) is 0 Å². The Labute approximate surface area is 109 Å². The highest BCUT2D eigenvalue weighted by Crippen LogP contribution is 2.24. The Balaban J connectivity index is 2.90. The van der Waals surface area contributed by atoms with Gasteiger partial charge >= 0.3 is 0 Å². The Bertz CT molecular complexity index is 349. The van der Waals surface area contributed by atoms with Crippen molar-refractivity contribution in [1.82, 2.24) is 9.97 Å². The molecule has 0 fully saturated rings. The zero-order valence-corrected chi connectivity index (χ0v) is 11.4. The van der Waals surface area contributed by atoms with E-state index in [-0.39, 0.29) is 6.61 Å². The second-order valence-electron chi connectivity index (χ2n) is 3.57. The van der Waals surface area contributed by atoms with Crippen LogP contribution in [0.4, 0.5) is 11.8 Å². The predicted octanol–water partition coefficient (Wildman–Crippen LogP) is 1.12. The Morgan fingerprint density at radius 2 is 2.29 bits per heavy atom. The third kappa shape index (κ3) is 4.10. The van der Waals surface area contributed by atoms with Gasteiger partial charge in [0.1, 0.15) is 5.82 Å². The number of aliphatic hydroxyl groups is 1. The third-order valence-corrected chi connectivity index (χ3v) is 2.87. The van der Waals surface area contributed by atoms with Crippen molar-refractivity contribution in [2.24, 2.45) is 5.84 Å². The molecule has 0 aromatic carbocycles. The number of hydrogen-bond acceptors (Lipinski definition) is 6. The van der Waals surface area contributed by atoms with Crippen molar-refractivity contribution in [2.45, 2.75) is 19.8 Å². The summed E-state index contributed by atoms with van der Waals surface area (Å²) >= 11 is 3.41. The summed E-state index contributed by atoms with van der Waals surface area (Å²) in [6, 6.07) is 0. The van der Waals surface area contributed by atoms with Crippen LogP contribution >= 0.6 is 15.9 Å². The number of nitrogens with one attached hydrogen (secondary N) is 1. The second-order valence-corrected chi connectivity index (χ2v) is 4.43. The summed E-state index contributed by atoms with van der Waals surface area (Å²) in [6.07, 6.45) is 3.78. The van der Waals surface area contributed by atoms with Crippen molar-refractivity contribution in [3.05, 3.63) is 10.7 Å². The molecule has 0 saturated heterocycles. The minimum Gasteiger partial charge on any atom is -0.395 e. The average molecular weight is 304 g/mol. The van der Waals surface area contributed by atoms with E-state index >= 15 is 0 Å². The maximum atomic E-state index is 9.07. The highest BCUT2D eigenvalue weighted by atomic mass is 79.9. The lowest BCUT2D eigenvalue weighted by molar-refractivity contribution is 0.301. The van der Waals surface area contributed by atoms with Crippen LogP contribution in [0.15, 0.2) is 10.7 Å². The van der Waals surface area contributed by atoms with Crippen molar-refractivity contribution in [3.63, 3.8) is 0 Å². The van der Waals surface area contributed by atoms with E-state index in [9.17, 15) is 0 Å². The Morgan fingerprint density at radius 3 is 2.88 bits per heavy atom. The lowest BCUT2D eigenvalue weighted by Crippen LogP contribution is -2.29. The summed E-state index contributed by atoms with van der Waals surface area (Å²) < 4.78 is 0.793. The minimum atomic E-state index is 0.0888. The van der Waals surface area contributed by atoms with E-state index in [1.54, 1.807) is 6.20 Å². The zero-order chi connectivity index (χ0) is 12.7. The molecular formula is C10H18BrN5O. The lowest BCUT2D eigenvalue weighted by Gasteiger charge is -2.23. The summed E-state index contributed by atoms with van der Waals surface area (Å²) in [7, 11) is 0. The number of hydrogen-bond donors (Lipinski definition) is 3. The molecule has 1 rings (SSSR count). The van der Waals surface area contributed by atoms with Gasteiger partial charge in [0.2, 0.25) is 5.95 Å². The van der Waals surface area contributed by atoms with Gasteiger partial charge in [-0.2, -0.15) is 4.98 Å². The van der Waals surface area contributed by atoms with Crippen LogP contribution in [0.2, 0.25) is 0 Å². The van der Waals surface area contributed by atoms with Gasteiger partial charge in [0.05, 0.1) is 11.1 Å². The SMILES string of the molecule is CCCCN(CCO)c1nc(NN)ncc1Br. The highest BCUT2D eigenvalue weighted by Gasteiger charge is 2.12. The number of unbranched alkanes of at least 4 members (excludes halogenated alkanes) is 1. The molecule has 0 aliphatic heterocycles. The quantitative estimate of drug-likeness (QED) is 0.517. The number of nitrogens with zero attached hydrogens (tertiary/aromatic N) is 3. The van der Waals surface area contributed by atoms with E-state index < -0.39 is 0 Å². The third-order valence-electron chi connectivity index (χ3n) is 2.31. The van der Waals surface area contributed by atoms with Crippen LogP contribution in [0.25, 0.3) is 0 Å². The first kappa shape index (κ1) is 14.1. The molecule has 4 N–H and O–H groups in total. The van der Waals surface area contributed by atoms with Gasteiger partial charge in [-0.25, -0.2) is 10.8 Å². The highest BCUT2D eigenvalue weighted by molar-refractivity contribution is 9.10. The number of hydrazine groups is 1.